The van der Waals surface area contributed by atoms with E-state index in [-0.39, 0.29) is 0 Å². The largest absolute Gasteiger partial charge is 0.264 e. The zero-order valence-corrected chi connectivity index (χ0v) is 62.8. The second kappa shape index (κ2) is 32.9. The fraction of sp³-hybridized carbons (Fsp3) is 0.102. The molecule has 17 aromatic rings. The summed E-state index contributed by atoms with van der Waals surface area (Å²) in [5.74, 6) is 5.46. The topological polar surface area (TPSA) is 155 Å². The van der Waals surface area contributed by atoms with Crippen molar-refractivity contribution in [3.63, 3.8) is 0 Å². The van der Waals surface area contributed by atoms with Gasteiger partial charge >= 0.3 is 0 Å². The predicted molar refractivity (Wildman–Crippen MR) is 448 cm³/mol. The Morgan fingerprint density at radius 1 is 0.227 bits per heavy atom. The third kappa shape index (κ3) is 17.0. The molecule has 17 rings (SSSR count). The molecule has 532 valence electrons. The van der Waals surface area contributed by atoms with Gasteiger partial charge in [-0.05, 0) is 166 Å². The third-order valence-electron chi connectivity index (χ3n) is 19.2. The van der Waals surface area contributed by atoms with Gasteiger partial charge in [0, 0.05) is 91.0 Å². The molecule has 0 radical (unpaired) electrons. The number of pyridine rings is 2. The summed E-state index contributed by atoms with van der Waals surface area (Å²) < 4.78 is 0. The number of rotatable bonds is 15. The van der Waals surface area contributed by atoms with E-state index in [0.29, 0.717) is 34.9 Å². The quantitative estimate of drug-likeness (QED) is 0.0959. The predicted octanol–water partition coefficient (Wildman–Crippen LogP) is 23.6. The SMILES string of the molecule is CCc1ccc(-c2nc(-c3ccc(CC)cc3)nc(-c3cccc(-c4cccc(-c5ccnc6ccccc56)c4)c3)n2)cc1.Cc1cccc(-c2cc(-c3ccc(-c4nc(C)cc(C)n4)cc3)nc(-c3cccc(C)c3)n2)c1.Cc1cccc(-c2nc(-c3ccc(-c4cccnc4)cc3)nc(-c3cccc(C)c3)n2)c1. The first-order valence-corrected chi connectivity index (χ1v) is 37.2. The van der Waals surface area contributed by atoms with Crippen LogP contribution in [0.3, 0.4) is 0 Å². The van der Waals surface area contributed by atoms with Crippen LogP contribution in [0.15, 0.2) is 316 Å². The zero-order valence-electron chi connectivity index (χ0n) is 62.8. The molecule has 0 spiro atoms. The maximum atomic E-state index is 4.99. The standard InChI is InChI=1S/C40H32N4.C30H26N4.C28H22N4/c1-3-27-15-19-29(20-16-27)38-42-39(30-21-17-28(4-2)18-22-30)44-40(43-38)34-12-8-10-32(26-34)31-9-7-11-33(25-31)35-23-24-41-37-14-6-5-13-36(35)37;1-19-7-5-9-25(15-19)28-18-27(33-30(34-28)26-10-6-8-20(2)16-26)23-11-13-24(14-12-23)29-31-21(3)17-22(4)32-29;1-19-6-3-8-23(16-19)27-30-26(31-28(32-27)24-9-4-7-20(2)17-24)22-13-11-21(12-14-22)25-10-5-15-29-18-25/h5-26H,3-4H2,1-2H3;5-18H,1-4H3;3-18H,1-2H3. The van der Waals surface area contributed by atoms with E-state index in [4.69, 9.17) is 39.9 Å². The Bertz CT molecular complexity index is 5900. The molecule has 0 aliphatic heterocycles. The van der Waals surface area contributed by atoms with Gasteiger partial charge in [-0.25, -0.2) is 49.8 Å². The average molecular weight is 1430 g/mol. The molecule has 0 unspecified atom stereocenters. The van der Waals surface area contributed by atoms with Gasteiger partial charge in [-0.3, -0.25) is 9.97 Å². The Morgan fingerprint density at radius 3 is 1.05 bits per heavy atom. The summed E-state index contributed by atoms with van der Waals surface area (Å²) in [7, 11) is 0. The number of benzene rings is 11. The van der Waals surface area contributed by atoms with E-state index in [1.54, 1.807) is 6.20 Å². The summed E-state index contributed by atoms with van der Waals surface area (Å²) >= 11 is 0. The Kier molecular flexibility index (Phi) is 21.5. The molecule has 6 aromatic heterocycles. The number of hydrogen-bond acceptors (Lipinski definition) is 12. The van der Waals surface area contributed by atoms with Crippen LogP contribution in [0.1, 0.15) is 58.6 Å². The Labute approximate surface area is 642 Å². The van der Waals surface area contributed by atoms with Gasteiger partial charge in [0.25, 0.3) is 0 Å². The Morgan fingerprint density at radius 2 is 0.582 bits per heavy atom. The minimum Gasteiger partial charge on any atom is -0.264 e. The number of aryl methyl sites for hydroxylation is 8. The van der Waals surface area contributed by atoms with Crippen LogP contribution in [0, 0.1) is 41.5 Å². The monoisotopic (exact) mass is 1420 g/mol. The van der Waals surface area contributed by atoms with Crippen molar-refractivity contribution in [2.45, 2.75) is 68.2 Å². The van der Waals surface area contributed by atoms with Crippen molar-refractivity contribution >= 4 is 10.9 Å². The van der Waals surface area contributed by atoms with Crippen molar-refractivity contribution in [2.24, 2.45) is 0 Å². The first kappa shape index (κ1) is 71.8. The van der Waals surface area contributed by atoms with E-state index in [2.05, 4.69) is 310 Å². The van der Waals surface area contributed by atoms with Crippen LogP contribution in [0.5, 0.6) is 0 Å². The Hall–Kier alpha value is -13.8. The molecule has 12 nitrogen and oxygen atoms in total. The molecule has 0 saturated carbocycles. The summed E-state index contributed by atoms with van der Waals surface area (Å²) in [6.07, 6.45) is 7.50. The highest BCUT2D eigenvalue weighted by molar-refractivity contribution is 5.95. The normalized spacial score (nSPS) is 11.0. The smallest absolute Gasteiger partial charge is 0.164 e. The molecule has 0 N–H and O–H groups in total. The zero-order chi connectivity index (χ0) is 75.5. The van der Waals surface area contributed by atoms with Gasteiger partial charge in [-0.15, -0.1) is 0 Å². The molecule has 110 heavy (non-hydrogen) atoms. The first-order valence-electron chi connectivity index (χ1n) is 37.2. The minimum absolute atomic E-state index is 0.655. The number of aromatic nitrogens is 12. The fourth-order valence-electron chi connectivity index (χ4n) is 13.4. The Balaban J connectivity index is 0.000000133. The molecule has 0 bridgehead atoms. The van der Waals surface area contributed by atoms with Gasteiger partial charge in [0.1, 0.15) is 0 Å². The molecule has 0 aliphatic rings. The molecule has 0 fully saturated rings. The molecule has 11 aromatic carbocycles. The number of fused-ring (bicyclic) bond motifs is 1. The number of nitrogens with zero attached hydrogens (tertiary/aromatic N) is 12. The van der Waals surface area contributed by atoms with Crippen LogP contribution in [0.2, 0.25) is 0 Å². The van der Waals surface area contributed by atoms with E-state index < -0.39 is 0 Å². The van der Waals surface area contributed by atoms with Crippen LogP contribution in [0.4, 0.5) is 0 Å². The molecule has 0 aliphatic carbocycles. The van der Waals surface area contributed by atoms with Gasteiger partial charge in [0.2, 0.25) is 0 Å². The van der Waals surface area contributed by atoms with Crippen molar-refractivity contribution in [3.8, 4) is 147 Å². The van der Waals surface area contributed by atoms with Gasteiger partial charge < -0.3 is 0 Å². The second-order valence-electron chi connectivity index (χ2n) is 27.6. The lowest BCUT2D eigenvalue weighted by Crippen LogP contribution is -2.00. The van der Waals surface area contributed by atoms with Crippen LogP contribution >= 0.6 is 0 Å². The molecular formula is C98H80N12. The average Bonchev–Trinajstić information content (AvgIpc) is 0.797. The van der Waals surface area contributed by atoms with E-state index in [9.17, 15) is 0 Å². The van der Waals surface area contributed by atoms with Crippen LogP contribution in [-0.4, -0.2) is 59.8 Å². The highest BCUT2D eigenvalue weighted by Gasteiger charge is 2.18. The molecular weight excluding hydrogens is 1350 g/mol. The summed E-state index contributed by atoms with van der Waals surface area (Å²) in [6.45, 7) is 16.6. The lowest BCUT2D eigenvalue weighted by molar-refractivity contribution is 1.06. The van der Waals surface area contributed by atoms with Crippen LogP contribution < -0.4 is 0 Å². The number of para-hydroxylation sites is 1. The van der Waals surface area contributed by atoms with Gasteiger partial charge in [-0.1, -0.05) is 267 Å². The highest BCUT2D eigenvalue weighted by Crippen LogP contribution is 2.36. The highest BCUT2D eigenvalue weighted by atomic mass is 15.0. The number of hydrogen-bond donors (Lipinski definition) is 0. The van der Waals surface area contributed by atoms with Crippen molar-refractivity contribution in [3.05, 3.63) is 361 Å². The lowest BCUT2D eigenvalue weighted by atomic mass is 9.96. The fourth-order valence-corrected chi connectivity index (χ4v) is 13.4. The maximum Gasteiger partial charge on any atom is 0.164 e. The van der Waals surface area contributed by atoms with E-state index in [0.717, 1.165) is 142 Å². The van der Waals surface area contributed by atoms with Crippen molar-refractivity contribution in [2.75, 3.05) is 0 Å². The first-order chi connectivity index (χ1) is 53.8. The van der Waals surface area contributed by atoms with Gasteiger partial charge in [-0.2, -0.15) is 0 Å². The summed E-state index contributed by atoms with van der Waals surface area (Å²) in [5.41, 5.74) is 28.7. The second-order valence-corrected chi connectivity index (χ2v) is 27.6. The maximum absolute atomic E-state index is 4.99. The van der Waals surface area contributed by atoms with E-state index >= 15 is 0 Å². The molecule has 0 amide bonds. The van der Waals surface area contributed by atoms with Crippen molar-refractivity contribution in [1.29, 1.82) is 0 Å². The molecule has 12 heteroatoms. The van der Waals surface area contributed by atoms with Gasteiger partial charge in [0.15, 0.2) is 46.6 Å². The van der Waals surface area contributed by atoms with E-state index in [1.807, 2.05) is 74.8 Å². The molecule has 0 atom stereocenters. The van der Waals surface area contributed by atoms with Crippen molar-refractivity contribution in [1.82, 2.24) is 59.8 Å². The summed E-state index contributed by atoms with van der Waals surface area (Å²) in [5, 5.41) is 1.14. The third-order valence-corrected chi connectivity index (χ3v) is 19.2. The summed E-state index contributed by atoms with van der Waals surface area (Å²) in [6, 6.07) is 102. The van der Waals surface area contributed by atoms with Gasteiger partial charge in [0.05, 0.1) is 16.9 Å². The van der Waals surface area contributed by atoms with Crippen LogP contribution in [0.25, 0.3) is 158 Å². The molecule has 6 heterocycles. The van der Waals surface area contributed by atoms with E-state index in [1.165, 1.54) is 38.9 Å². The lowest BCUT2D eigenvalue weighted by Gasteiger charge is -2.11. The minimum atomic E-state index is 0.655. The summed E-state index contributed by atoms with van der Waals surface area (Å²) in [4.78, 5) is 57.2. The van der Waals surface area contributed by atoms with Crippen LogP contribution in [-0.2, 0) is 12.8 Å². The molecule has 0 saturated heterocycles. The van der Waals surface area contributed by atoms with Crippen molar-refractivity contribution < 1.29 is 0 Å².